The van der Waals surface area contributed by atoms with Gasteiger partial charge in [0.15, 0.2) is 0 Å². The maximum atomic E-state index is 13.0. The number of rotatable bonds is 6. The fourth-order valence-corrected chi connectivity index (χ4v) is 4.61. The second-order valence-electron chi connectivity index (χ2n) is 8.36. The van der Waals surface area contributed by atoms with E-state index >= 15 is 0 Å². The minimum atomic E-state index is 0.0114. The summed E-state index contributed by atoms with van der Waals surface area (Å²) < 4.78 is 5.63. The van der Waals surface area contributed by atoms with Crippen LogP contribution in [0.25, 0.3) is 0 Å². The molecule has 2 amide bonds. The number of piperidine rings is 1. The molecule has 4 rings (SSSR count). The van der Waals surface area contributed by atoms with E-state index in [1.165, 1.54) is 0 Å². The normalized spacial score (nSPS) is 17.3. The first-order chi connectivity index (χ1) is 15.6. The van der Waals surface area contributed by atoms with E-state index in [0.717, 1.165) is 55.5 Å². The van der Waals surface area contributed by atoms with E-state index < -0.39 is 0 Å². The lowest BCUT2D eigenvalue weighted by atomic mass is 9.94. The third kappa shape index (κ3) is 5.74. The fraction of sp³-hybridized carbons (Fsp3) is 0.440. The molecule has 2 fully saturated rings. The van der Waals surface area contributed by atoms with E-state index in [2.05, 4.69) is 11.0 Å². The maximum absolute atomic E-state index is 13.0. The van der Waals surface area contributed by atoms with E-state index in [4.69, 9.17) is 16.3 Å². The van der Waals surface area contributed by atoms with E-state index in [0.29, 0.717) is 26.1 Å². The van der Waals surface area contributed by atoms with Gasteiger partial charge in [-0.15, -0.1) is 0 Å². The van der Waals surface area contributed by atoms with Crippen molar-refractivity contribution in [1.29, 1.82) is 0 Å². The summed E-state index contributed by atoms with van der Waals surface area (Å²) in [6.07, 6.45) is 1.83. The van der Waals surface area contributed by atoms with E-state index in [1.54, 1.807) is 0 Å². The van der Waals surface area contributed by atoms with E-state index in [-0.39, 0.29) is 17.7 Å². The molecule has 7 heteroatoms. The number of carbonyl (C=O) groups excluding carboxylic acids is 2. The van der Waals surface area contributed by atoms with Crippen LogP contribution in [-0.2, 0) is 9.59 Å². The topological polar surface area (TPSA) is 53.1 Å². The number of piperazine rings is 1. The Hall–Kier alpha value is -2.73. The molecule has 170 valence electrons. The predicted octanol–water partition coefficient (Wildman–Crippen LogP) is 3.70. The molecule has 2 aromatic carbocycles. The fourth-order valence-electron chi connectivity index (χ4n) is 4.42. The van der Waals surface area contributed by atoms with Gasteiger partial charge < -0.3 is 19.4 Å². The Kier molecular flexibility index (Phi) is 7.53. The van der Waals surface area contributed by atoms with Crippen molar-refractivity contribution in [1.82, 2.24) is 9.80 Å². The minimum Gasteiger partial charge on any atom is -0.493 e. The number of amides is 2. The van der Waals surface area contributed by atoms with Crippen molar-refractivity contribution in [2.24, 2.45) is 5.92 Å². The molecule has 2 heterocycles. The monoisotopic (exact) mass is 455 g/mol. The third-order valence-corrected chi connectivity index (χ3v) is 6.52. The van der Waals surface area contributed by atoms with Gasteiger partial charge >= 0.3 is 0 Å². The highest BCUT2D eigenvalue weighted by atomic mass is 35.5. The number of benzene rings is 2. The predicted molar refractivity (Wildman–Crippen MR) is 126 cm³/mol. The number of hydrogen-bond acceptors (Lipinski definition) is 4. The van der Waals surface area contributed by atoms with Crippen molar-refractivity contribution in [3.63, 3.8) is 0 Å². The second-order valence-corrected chi connectivity index (χ2v) is 8.80. The Bertz CT molecular complexity index is 908. The molecule has 2 aliphatic rings. The van der Waals surface area contributed by atoms with Crippen molar-refractivity contribution in [2.75, 3.05) is 50.8 Å². The molecule has 0 saturated carbocycles. The largest absolute Gasteiger partial charge is 0.493 e. The number of ether oxygens (including phenoxy) is 1. The van der Waals surface area contributed by atoms with Crippen molar-refractivity contribution in [2.45, 2.75) is 19.3 Å². The molecule has 32 heavy (non-hydrogen) atoms. The van der Waals surface area contributed by atoms with Crippen molar-refractivity contribution in [3.05, 3.63) is 59.6 Å². The molecule has 0 N–H and O–H groups in total. The first-order valence-corrected chi connectivity index (χ1v) is 11.7. The second kappa shape index (κ2) is 10.7. The van der Waals surface area contributed by atoms with E-state index in [9.17, 15) is 9.59 Å². The van der Waals surface area contributed by atoms with Crippen LogP contribution in [0, 0.1) is 5.92 Å². The van der Waals surface area contributed by atoms with Crippen LogP contribution in [0.5, 0.6) is 5.75 Å². The first kappa shape index (κ1) is 22.5. The van der Waals surface area contributed by atoms with Gasteiger partial charge in [0.05, 0.1) is 13.0 Å². The maximum Gasteiger partial charge on any atom is 0.225 e. The van der Waals surface area contributed by atoms with Crippen LogP contribution in [0.4, 0.5) is 5.69 Å². The molecule has 0 aromatic heterocycles. The standard InChI is InChI=1S/C25H30ClN3O3/c26-21-5-4-6-22(19-21)27-14-16-29(17-15-27)25(31)20-9-12-28(13-10-20)24(30)11-18-32-23-7-2-1-3-8-23/h1-8,19-20H,9-18H2. The Balaban J connectivity index is 1.18. The molecule has 6 nitrogen and oxygen atoms in total. The van der Waals surface area contributed by atoms with Gasteiger partial charge in [-0.2, -0.15) is 0 Å². The molecule has 2 saturated heterocycles. The van der Waals surface area contributed by atoms with Crippen molar-refractivity contribution in [3.8, 4) is 5.75 Å². The number of halogens is 1. The van der Waals surface area contributed by atoms with Gasteiger partial charge in [-0.05, 0) is 43.2 Å². The molecule has 0 spiro atoms. The van der Waals surface area contributed by atoms with E-state index in [1.807, 2.05) is 58.3 Å². The average molecular weight is 456 g/mol. The quantitative estimate of drug-likeness (QED) is 0.666. The summed E-state index contributed by atoms with van der Waals surface area (Å²) in [5.41, 5.74) is 1.10. The lowest BCUT2D eigenvalue weighted by molar-refractivity contribution is -0.141. The molecule has 2 aromatic rings. The number of nitrogens with zero attached hydrogens (tertiary/aromatic N) is 3. The Labute approximate surface area is 194 Å². The highest BCUT2D eigenvalue weighted by Gasteiger charge is 2.31. The van der Waals surface area contributed by atoms with Crippen LogP contribution in [0.1, 0.15) is 19.3 Å². The van der Waals surface area contributed by atoms with Gasteiger partial charge in [-0.1, -0.05) is 35.9 Å². The minimum absolute atomic E-state index is 0.0114. The summed E-state index contributed by atoms with van der Waals surface area (Å²) in [6, 6.07) is 17.4. The van der Waals surface area contributed by atoms with Gasteiger partial charge in [0.2, 0.25) is 11.8 Å². The lowest BCUT2D eigenvalue weighted by Crippen LogP contribution is -2.52. The van der Waals surface area contributed by atoms with Crippen molar-refractivity contribution < 1.29 is 14.3 Å². The first-order valence-electron chi connectivity index (χ1n) is 11.3. The molecule has 0 atom stereocenters. The smallest absolute Gasteiger partial charge is 0.225 e. The Morgan fingerprint density at radius 2 is 1.59 bits per heavy atom. The molecule has 0 unspecified atom stereocenters. The van der Waals surface area contributed by atoms with Crippen LogP contribution in [0.2, 0.25) is 5.02 Å². The number of hydrogen-bond donors (Lipinski definition) is 0. The van der Waals surface area contributed by atoms with Crippen molar-refractivity contribution >= 4 is 29.1 Å². The summed E-state index contributed by atoms with van der Waals surface area (Å²) in [4.78, 5) is 31.6. The zero-order valence-electron chi connectivity index (χ0n) is 18.3. The SMILES string of the molecule is O=C(CCOc1ccccc1)N1CCC(C(=O)N2CCN(c3cccc(Cl)c3)CC2)CC1. The zero-order chi connectivity index (χ0) is 22.3. The number of anilines is 1. The lowest BCUT2D eigenvalue weighted by Gasteiger charge is -2.39. The molecule has 0 bridgehead atoms. The van der Waals surface area contributed by atoms with Crippen LogP contribution < -0.4 is 9.64 Å². The Morgan fingerprint density at radius 1 is 0.875 bits per heavy atom. The molecule has 2 aliphatic heterocycles. The number of para-hydroxylation sites is 1. The highest BCUT2D eigenvalue weighted by molar-refractivity contribution is 6.30. The summed E-state index contributed by atoms with van der Waals surface area (Å²) in [6.45, 7) is 4.73. The zero-order valence-corrected chi connectivity index (χ0v) is 19.0. The highest BCUT2D eigenvalue weighted by Crippen LogP contribution is 2.24. The molecular weight excluding hydrogens is 426 g/mol. The summed E-state index contributed by atoms with van der Waals surface area (Å²) in [5, 5.41) is 0.731. The van der Waals surface area contributed by atoms with Crippen LogP contribution in [0.3, 0.4) is 0 Å². The van der Waals surface area contributed by atoms with Gasteiger partial charge in [0.1, 0.15) is 5.75 Å². The molecule has 0 radical (unpaired) electrons. The Morgan fingerprint density at radius 3 is 2.28 bits per heavy atom. The number of carbonyl (C=O) groups is 2. The summed E-state index contributed by atoms with van der Waals surface area (Å²) in [5.74, 6) is 1.12. The van der Waals surface area contributed by atoms with Crippen LogP contribution >= 0.6 is 11.6 Å². The molecule has 0 aliphatic carbocycles. The summed E-state index contributed by atoms with van der Waals surface area (Å²) in [7, 11) is 0. The molecular formula is C25H30ClN3O3. The van der Waals surface area contributed by atoms with Gasteiger partial charge in [-0.3, -0.25) is 9.59 Å². The van der Waals surface area contributed by atoms with Gasteiger partial charge in [0.25, 0.3) is 0 Å². The summed E-state index contributed by atoms with van der Waals surface area (Å²) >= 11 is 6.11. The van der Waals surface area contributed by atoms with Gasteiger partial charge in [0, 0.05) is 55.9 Å². The third-order valence-electron chi connectivity index (χ3n) is 6.29. The van der Waals surface area contributed by atoms with Crippen LogP contribution in [0.15, 0.2) is 54.6 Å². The van der Waals surface area contributed by atoms with Gasteiger partial charge in [-0.25, -0.2) is 0 Å². The van der Waals surface area contributed by atoms with Crippen LogP contribution in [-0.4, -0.2) is 67.5 Å². The average Bonchev–Trinajstić information content (AvgIpc) is 2.84. The number of likely N-dealkylation sites (tertiary alicyclic amines) is 1.